The second kappa shape index (κ2) is 4.06. The van der Waals surface area contributed by atoms with Crippen LogP contribution in [0.2, 0.25) is 0 Å². The Morgan fingerprint density at radius 1 is 1.13 bits per heavy atom. The molecule has 4 heteroatoms. The zero-order chi connectivity index (χ0) is 10.9. The molecule has 0 aromatic rings. The third-order valence-electron chi connectivity index (χ3n) is 3.81. The van der Waals surface area contributed by atoms with Crippen LogP contribution in [-0.4, -0.2) is 31.5 Å². The maximum atomic E-state index is 11.3. The van der Waals surface area contributed by atoms with Crippen molar-refractivity contribution in [3.63, 3.8) is 0 Å². The molecule has 0 atom stereocenters. The van der Waals surface area contributed by atoms with Gasteiger partial charge in [0.2, 0.25) is 0 Å². The normalized spacial score (nSPS) is 30.5. The Kier molecular flexibility index (Phi) is 3.08. The third kappa shape index (κ3) is 2.94. The molecule has 2 aliphatic rings. The summed E-state index contributed by atoms with van der Waals surface area (Å²) < 4.78 is 22.6. The second-order valence-electron chi connectivity index (χ2n) is 5.34. The molecular weight excluding hydrogens is 210 g/mol. The van der Waals surface area contributed by atoms with Crippen LogP contribution in [0, 0.1) is 0 Å². The van der Waals surface area contributed by atoms with Crippen LogP contribution >= 0.6 is 0 Å². The van der Waals surface area contributed by atoms with Crippen molar-refractivity contribution in [1.82, 2.24) is 5.32 Å². The number of hydrogen-bond donors (Lipinski definition) is 1. The molecule has 1 N–H and O–H groups in total. The summed E-state index contributed by atoms with van der Waals surface area (Å²) in [5, 5.41) is 3.67. The fourth-order valence-corrected chi connectivity index (χ4v) is 4.32. The van der Waals surface area contributed by atoms with Crippen molar-refractivity contribution in [2.24, 2.45) is 0 Å². The lowest BCUT2D eigenvalue weighted by molar-refractivity contribution is 0.300. The maximum Gasteiger partial charge on any atom is 0.150 e. The summed E-state index contributed by atoms with van der Waals surface area (Å²) >= 11 is 0. The second-order valence-corrected chi connectivity index (χ2v) is 7.64. The average Bonchev–Trinajstić information content (AvgIpc) is 2.57. The molecule has 0 unspecified atom stereocenters. The first-order valence-electron chi connectivity index (χ1n) is 5.97. The van der Waals surface area contributed by atoms with Crippen LogP contribution in [-0.2, 0) is 9.84 Å². The molecule has 0 aromatic heterocycles. The Bertz CT molecular complexity index is 303. The Labute approximate surface area is 92.6 Å². The molecule has 0 radical (unpaired) electrons. The van der Waals surface area contributed by atoms with Gasteiger partial charge in [-0.05, 0) is 32.6 Å². The summed E-state index contributed by atoms with van der Waals surface area (Å²) in [6.45, 7) is 2.28. The van der Waals surface area contributed by atoms with Crippen LogP contribution in [0.4, 0.5) is 0 Å². The van der Waals surface area contributed by atoms with E-state index in [1.807, 2.05) is 0 Å². The summed E-state index contributed by atoms with van der Waals surface area (Å²) in [7, 11) is -2.71. The van der Waals surface area contributed by atoms with Gasteiger partial charge >= 0.3 is 0 Å². The first kappa shape index (κ1) is 11.4. The smallest absolute Gasteiger partial charge is 0.150 e. The van der Waals surface area contributed by atoms with Crippen LogP contribution in [0.3, 0.4) is 0 Å². The van der Waals surface area contributed by atoms with E-state index < -0.39 is 9.84 Å². The van der Waals surface area contributed by atoms with Crippen molar-refractivity contribution in [2.45, 2.75) is 57.0 Å². The minimum Gasteiger partial charge on any atom is -0.309 e. The lowest BCUT2D eigenvalue weighted by Gasteiger charge is -2.33. The topological polar surface area (TPSA) is 46.2 Å². The minimum atomic E-state index is -2.71. The van der Waals surface area contributed by atoms with Crippen molar-refractivity contribution in [1.29, 1.82) is 0 Å². The molecule has 0 amide bonds. The van der Waals surface area contributed by atoms with Crippen LogP contribution in [0.25, 0.3) is 0 Å². The maximum absolute atomic E-state index is 11.3. The lowest BCUT2D eigenvalue weighted by atomic mass is 9.97. The van der Waals surface area contributed by atoms with Gasteiger partial charge in [0.05, 0.1) is 11.5 Å². The van der Waals surface area contributed by atoms with Gasteiger partial charge in [-0.25, -0.2) is 8.42 Å². The van der Waals surface area contributed by atoms with Crippen LogP contribution in [0.15, 0.2) is 0 Å². The Hall–Kier alpha value is -0.0900. The lowest BCUT2D eigenvalue weighted by Crippen LogP contribution is -2.49. The monoisotopic (exact) mass is 231 g/mol. The Morgan fingerprint density at radius 2 is 1.67 bits per heavy atom. The number of nitrogens with one attached hydrogen (secondary N) is 1. The largest absolute Gasteiger partial charge is 0.309 e. The van der Waals surface area contributed by atoms with E-state index in [1.54, 1.807) is 0 Å². The molecule has 0 spiro atoms. The van der Waals surface area contributed by atoms with Gasteiger partial charge in [0.25, 0.3) is 0 Å². The highest BCUT2D eigenvalue weighted by molar-refractivity contribution is 7.91. The summed E-state index contributed by atoms with van der Waals surface area (Å²) in [5.74, 6) is 0.751. The van der Waals surface area contributed by atoms with Crippen molar-refractivity contribution in [3.8, 4) is 0 Å². The van der Waals surface area contributed by atoms with E-state index in [0.29, 0.717) is 17.5 Å². The predicted octanol–water partition coefficient (Wildman–Crippen LogP) is 1.49. The molecule has 88 valence electrons. The molecule has 3 nitrogen and oxygen atoms in total. The molecule has 1 aliphatic heterocycles. The number of rotatable bonds is 2. The van der Waals surface area contributed by atoms with Crippen LogP contribution in [0.5, 0.6) is 0 Å². The van der Waals surface area contributed by atoms with E-state index in [4.69, 9.17) is 0 Å². The van der Waals surface area contributed by atoms with Crippen LogP contribution < -0.4 is 5.32 Å². The molecule has 0 bridgehead atoms. The van der Waals surface area contributed by atoms with Gasteiger partial charge < -0.3 is 5.32 Å². The van der Waals surface area contributed by atoms with Gasteiger partial charge in [0.1, 0.15) is 9.84 Å². The molecular formula is C11H21NO2S. The fourth-order valence-electron chi connectivity index (χ4n) is 2.83. The van der Waals surface area contributed by atoms with E-state index in [1.165, 1.54) is 25.7 Å². The van der Waals surface area contributed by atoms with E-state index in [9.17, 15) is 8.42 Å². The van der Waals surface area contributed by atoms with Crippen LogP contribution in [0.1, 0.15) is 45.4 Å². The average molecular weight is 231 g/mol. The summed E-state index contributed by atoms with van der Waals surface area (Å²) in [6, 6.07) is 0.427. The molecule has 2 rings (SSSR count). The minimum absolute atomic E-state index is 0.284. The van der Waals surface area contributed by atoms with Crippen molar-refractivity contribution < 1.29 is 8.42 Å². The van der Waals surface area contributed by atoms with E-state index in [0.717, 1.165) is 12.8 Å². The third-order valence-corrected chi connectivity index (χ3v) is 5.53. The van der Waals surface area contributed by atoms with Gasteiger partial charge in [0, 0.05) is 11.6 Å². The van der Waals surface area contributed by atoms with Gasteiger partial charge in [-0.3, -0.25) is 0 Å². The quantitative estimate of drug-likeness (QED) is 0.783. The summed E-state index contributed by atoms with van der Waals surface area (Å²) in [6.07, 6.45) is 6.73. The zero-order valence-electron chi connectivity index (χ0n) is 9.46. The Balaban J connectivity index is 1.86. The molecule has 0 aromatic carbocycles. The van der Waals surface area contributed by atoms with Crippen molar-refractivity contribution >= 4 is 9.84 Å². The SMILES string of the molecule is CC1(NC2CCS(=O)(=O)CC2)CCCC1. The van der Waals surface area contributed by atoms with Gasteiger partial charge in [0.15, 0.2) is 0 Å². The van der Waals surface area contributed by atoms with Crippen molar-refractivity contribution in [2.75, 3.05) is 11.5 Å². The van der Waals surface area contributed by atoms with Gasteiger partial charge in [-0.2, -0.15) is 0 Å². The predicted molar refractivity (Wildman–Crippen MR) is 61.7 cm³/mol. The summed E-state index contributed by atoms with van der Waals surface area (Å²) in [4.78, 5) is 0. The van der Waals surface area contributed by atoms with E-state index in [-0.39, 0.29) is 5.54 Å². The first-order valence-corrected chi connectivity index (χ1v) is 7.79. The standard InChI is InChI=1S/C11H21NO2S/c1-11(6-2-3-7-11)12-10-4-8-15(13,14)9-5-10/h10,12H,2-9H2,1H3. The first-order chi connectivity index (χ1) is 6.99. The zero-order valence-corrected chi connectivity index (χ0v) is 10.3. The van der Waals surface area contributed by atoms with E-state index in [2.05, 4.69) is 12.2 Å². The molecule has 1 aliphatic carbocycles. The molecule has 1 saturated carbocycles. The fraction of sp³-hybridized carbons (Fsp3) is 1.00. The number of sulfone groups is 1. The molecule has 15 heavy (non-hydrogen) atoms. The highest BCUT2D eigenvalue weighted by Gasteiger charge is 2.33. The van der Waals surface area contributed by atoms with Crippen molar-refractivity contribution in [3.05, 3.63) is 0 Å². The molecule has 1 heterocycles. The molecule has 1 saturated heterocycles. The highest BCUT2D eigenvalue weighted by Crippen LogP contribution is 2.30. The summed E-state index contributed by atoms with van der Waals surface area (Å²) in [5.41, 5.74) is 0.284. The van der Waals surface area contributed by atoms with E-state index >= 15 is 0 Å². The Morgan fingerprint density at radius 3 is 2.20 bits per heavy atom. The van der Waals surface area contributed by atoms with Gasteiger partial charge in [-0.1, -0.05) is 12.8 Å². The highest BCUT2D eigenvalue weighted by atomic mass is 32.2. The molecule has 2 fully saturated rings. The van der Waals surface area contributed by atoms with Gasteiger partial charge in [-0.15, -0.1) is 0 Å². The number of hydrogen-bond acceptors (Lipinski definition) is 3.